The van der Waals surface area contributed by atoms with E-state index in [0.29, 0.717) is 11.4 Å². The van der Waals surface area contributed by atoms with Crippen LogP contribution in [0.2, 0.25) is 0 Å². The summed E-state index contributed by atoms with van der Waals surface area (Å²) in [5.74, 6) is 0.266. The van der Waals surface area contributed by atoms with E-state index in [2.05, 4.69) is 16.9 Å². The molecule has 3 rings (SSSR count). The van der Waals surface area contributed by atoms with Crippen LogP contribution in [0.3, 0.4) is 0 Å². The van der Waals surface area contributed by atoms with Crippen LogP contribution in [0.1, 0.15) is 31.4 Å². The maximum atomic E-state index is 13.5. The fourth-order valence-corrected chi connectivity index (χ4v) is 3.96. The molecule has 0 saturated carbocycles. The number of hydrogen-bond acceptors (Lipinski definition) is 4. The number of rotatable bonds is 7. The molecule has 0 aliphatic rings. The summed E-state index contributed by atoms with van der Waals surface area (Å²) in [5.41, 5.74) is 1.22. The molecule has 0 atom stereocenters. The predicted octanol–water partition coefficient (Wildman–Crippen LogP) is 6.76. The summed E-state index contributed by atoms with van der Waals surface area (Å²) in [6, 6.07) is 16.8. The molecule has 3 nitrogen and oxygen atoms in total. The van der Waals surface area contributed by atoms with E-state index in [0.717, 1.165) is 42.1 Å². The molecule has 0 amide bonds. The lowest BCUT2D eigenvalue weighted by Crippen LogP contribution is -2.21. The number of benzene rings is 2. The quantitative estimate of drug-likeness (QED) is 0.397. The van der Waals surface area contributed by atoms with Crippen LogP contribution in [0.4, 0.5) is 24.8 Å². The maximum Gasteiger partial charge on any atom is 0.420 e. The monoisotopic (exact) mass is 417 g/mol. The summed E-state index contributed by atoms with van der Waals surface area (Å²) in [6.07, 6.45) is -1.79. The molecule has 0 fully saturated rings. The van der Waals surface area contributed by atoms with Crippen molar-refractivity contribution in [1.29, 1.82) is 0 Å². The number of halogens is 3. The molecule has 29 heavy (non-hydrogen) atoms. The van der Waals surface area contributed by atoms with E-state index in [1.165, 1.54) is 0 Å². The van der Waals surface area contributed by atoms with Gasteiger partial charge >= 0.3 is 6.18 Å². The Morgan fingerprint density at radius 3 is 2.31 bits per heavy atom. The third-order valence-electron chi connectivity index (χ3n) is 4.36. The number of para-hydroxylation sites is 1. The summed E-state index contributed by atoms with van der Waals surface area (Å²) in [6.45, 7) is 4.57. The van der Waals surface area contributed by atoms with Crippen molar-refractivity contribution in [3.63, 3.8) is 0 Å². The van der Waals surface area contributed by atoms with Gasteiger partial charge in [-0.15, -0.1) is 0 Å². The fourth-order valence-electron chi connectivity index (χ4n) is 3.03. The Balaban J connectivity index is 2.06. The van der Waals surface area contributed by atoms with E-state index in [-0.39, 0.29) is 11.0 Å². The second-order valence-corrected chi connectivity index (χ2v) is 7.49. The molecule has 0 saturated heterocycles. The van der Waals surface area contributed by atoms with Crippen LogP contribution in [0.25, 0.3) is 0 Å². The van der Waals surface area contributed by atoms with Crippen LogP contribution in [0, 0.1) is 0 Å². The van der Waals surface area contributed by atoms with E-state index < -0.39 is 11.7 Å². The van der Waals surface area contributed by atoms with Gasteiger partial charge < -0.3 is 4.90 Å². The number of aromatic nitrogens is 2. The lowest BCUT2D eigenvalue weighted by Gasteiger charge is -2.24. The number of alkyl halides is 3. The largest absolute Gasteiger partial charge is 0.420 e. The Kier molecular flexibility index (Phi) is 6.79. The SMILES string of the molecule is CCCc1ccccc1N(CC)c1ncc(C(F)(F)F)c(Sc2ccccc2)n1. The Labute approximate surface area is 173 Å². The molecule has 7 heteroatoms. The highest BCUT2D eigenvalue weighted by atomic mass is 32.2. The highest BCUT2D eigenvalue weighted by Gasteiger charge is 2.36. The average molecular weight is 418 g/mol. The number of anilines is 2. The van der Waals surface area contributed by atoms with Gasteiger partial charge in [0.15, 0.2) is 0 Å². The van der Waals surface area contributed by atoms with Gasteiger partial charge in [0.1, 0.15) is 10.6 Å². The van der Waals surface area contributed by atoms with E-state index in [1.807, 2.05) is 42.2 Å². The third kappa shape index (κ3) is 5.09. The van der Waals surface area contributed by atoms with Crippen LogP contribution in [0.5, 0.6) is 0 Å². The van der Waals surface area contributed by atoms with Gasteiger partial charge in [-0.1, -0.05) is 61.5 Å². The van der Waals surface area contributed by atoms with E-state index in [1.54, 1.807) is 24.3 Å². The molecule has 3 aromatic rings. The van der Waals surface area contributed by atoms with Gasteiger partial charge in [0.05, 0.1) is 0 Å². The molecular weight excluding hydrogens is 395 g/mol. The molecular formula is C22H22F3N3S. The zero-order chi connectivity index (χ0) is 20.9. The van der Waals surface area contributed by atoms with Crippen LogP contribution in [0.15, 0.2) is 70.7 Å². The summed E-state index contributed by atoms with van der Waals surface area (Å²) in [5, 5.41) is -0.0971. The minimum atomic E-state index is -4.52. The van der Waals surface area contributed by atoms with Crippen molar-refractivity contribution in [3.8, 4) is 0 Å². The molecule has 0 aliphatic heterocycles. The second-order valence-electron chi connectivity index (χ2n) is 6.42. The fraction of sp³-hybridized carbons (Fsp3) is 0.273. The smallest absolute Gasteiger partial charge is 0.311 e. The average Bonchev–Trinajstić information content (AvgIpc) is 2.70. The summed E-state index contributed by atoms with van der Waals surface area (Å²) in [7, 11) is 0. The van der Waals surface area contributed by atoms with Gasteiger partial charge in [-0.2, -0.15) is 13.2 Å². The van der Waals surface area contributed by atoms with E-state index >= 15 is 0 Å². The first kappa shape index (κ1) is 21.2. The number of hydrogen-bond donors (Lipinski definition) is 0. The van der Waals surface area contributed by atoms with Crippen molar-refractivity contribution in [3.05, 3.63) is 71.9 Å². The Bertz CT molecular complexity index is 946. The van der Waals surface area contributed by atoms with Crippen molar-refractivity contribution in [2.45, 2.75) is 42.8 Å². The van der Waals surface area contributed by atoms with Crippen molar-refractivity contribution in [2.24, 2.45) is 0 Å². The zero-order valence-electron chi connectivity index (χ0n) is 16.3. The number of aryl methyl sites for hydroxylation is 1. The van der Waals surface area contributed by atoms with Gasteiger partial charge in [0, 0.05) is 23.3 Å². The molecule has 0 unspecified atom stereocenters. The minimum Gasteiger partial charge on any atom is -0.311 e. The lowest BCUT2D eigenvalue weighted by atomic mass is 10.1. The van der Waals surface area contributed by atoms with Crippen molar-refractivity contribution < 1.29 is 13.2 Å². The second kappa shape index (κ2) is 9.31. The summed E-state index contributed by atoms with van der Waals surface area (Å²) >= 11 is 0.995. The first-order chi connectivity index (χ1) is 13.9. The van der Waals surface area contributed by atoms with Gasteiger partial charge in [-0.25, -0.2) is 9.97 Å². The highest BCUT2D eigenvalue weighted by Crippen LogP contribution is 2.39. The van der Waals surface area contributed by atoms with E-state index in [9.17, 15) is 13.2 Å². The molecule has 0 radical (unpaired) electrons. The first-order valence-corrected chi connectivity index (χ1v) is 10.3. The Hall–Kier alpha value is -2.54. The van der Waals surface area contributed by atoms with E-state index in [4.69, 9.17) is 0 Å². The van der Waals surface area contributed by atoms with Crippen molar-refractivity contribution in [1.82, 2.24) is 9.97 Å². The van der Waals surface area contributed by atoms with Crippen molar-refractivity contribution in [2.75, 3.05) is 11.4 Å². The molecule has 1 aromatic heterocycles. The molecule has 0 aliphatic carbocycles. The highest BCUT2D eigenvalue weighted by molar-refractivity contribution is 7.99. The standard InChI is InChI=1S/C22H22F3N3S/c1-3-10-16-11-8-9-14-19(16)28(4-2)21-26-15-18(22(23,24)25)20(27-21)29-17-12-6-5-7-13-17/h5-9,11-15H,3-4,10H2,1-2H3. The first-order valence-electron chi connectivity index (χ1n) is 9.46. The maximum absolute atomic E-state index is 13.5. The van der Waals surface area contributed by atoms with Gasteiger partial charge in [-0.3, -0.25) is 0 Å². The topological polar surface area (TPSA) is 29.0 Å². The normalized spacial score (nSPS) is 11.5. The molecule has 0 spiro atoms. The Morgan fingerprint density at radius 1 is 0.966 bits per heavy atom. The van der Waals surface area contributed by atoms with Gasteiger partial charge in [0.2, 0.25) is 5.95 Å². The van der Waals surface area contributed by atoms with Crippen molar-refractivity contribution >= 4 is 23.4 Å². The van der Waals surface area contributed by atoms with Crippen LogP contribution >= 0.6 is 11.8 Å². The summed E-state index contributed by atoms with van der Waals surface area (Å²) in [4.78, 5) is 11.0. The third-order valence-corrected chi connectivity index (χ3v) is 5.38. The molecule has 2 aromatic carbocycles. The number of nitrogens with zero attached hydrogens (tertiary/aromatic N) is 3. The van der Waals surface area contributed by atoms with Gasteiger partial charge in [-0.05, 0) is 37.1 Å². The summed E-state index contributed by atoms with van der Waals surface area (Å²) < 4.78 is 40.6. The van der Waals surface area contributed by atoms with Gasteiger partial charge in [0.25, 0.3) is 0 Å². The van der Waals surface area contributed by atoms with Crippen LogP contribution in [-0.4, -0.2) is 16.5 Å². The molecule has 0 bridgehead atoms. The van der Waals surface area contributed by atoms with Crippen LogP contribution in [-0.2, 0) is 12.6 Å². The zero-order valence-corrected chi connectivity index (χ0v) is 17.1. The van der Waals surface area contributed by atoms with Crippen LogP contribution < -0.4 is 4.90 Å². The molecule has 1 heterocycles. The minimum absolute atomic E-state index is 0.0971. The predicted molar refractivity (Wildman–Crippen MR) is 111 cm³/mol. The molecule has 152 valence electrons. The molecule has 0 N–H and O–H groups in total. The lowest BCUT2D eigenvalue weighted by molar-refractivity contribution is -0.140. The Morgan fingerprint density at radius 2 is 1.66 bits per heavy atom.